The lowest BCUT2D eigenvalue weighted by molar-refractivity contribution is -0.107. The Kier molecular flexibility index (Phi) is 3.89. The average molecular weight is 206 g/mol. The van der Waals surface area contributed by atoms with Crippen molar-refractivity contribution in [3.05, 3.63) is 28.8 Å². The van der Waals surface area contributed by atoms with Crippen molar-refractivity contribution >= 4 is 6.29 Å². The van der Waals surface area contributed by atoms with E-state index in [1.54, 1.807) is 0 Å². The van der Waals surface area contributed by atoms with Gasteiger partial charge in [0.1, 0.15) is 12.0 Å². The molecule has 0 aliphatic heterocycles. The lowest BCUT2D eigenvalue weighted by atomic mass is 10.0. The molecule has 0 saturated carbocycles. The van der Waals surface area contributed by atoms with Crippen molar-refractivity contribution in [2.45, 2.75) is 40.2 Å². The Morgan fingerprint density at radius 1 is 1.27 bits per heavy atom. The number of benzene rings is 1. The number of carbonyl (C=O) groups excluding carboxylic acids is 1. The molecule has 0 aromatic heterocycles. The minimum absolute atomic E-state index is 0.181. The van der Waals surface area contributed by atoms with E-state index in [0.29, 0.717) is 6.42 Å². The molecule has 1 aromatic carbocycles. The Morgan fingerprint density at radius 3 is 2.20 bits per heavy atom. The van der Waals surface area contributed by atoms with Crippen molar-refractivity contribution in [1.82, 2.24) is 0 Å². The summed E-state index contributed by atoms with van der Waals surface area (Å²) in [4.78, 5) is 10.5. The minimum atomic E-state index is 0.181. The van der Waals surface area contributed by atoms with Gasteiger partial charge in [-0.3, -0.25) is 0 Å². The van der Waals surface area contributed by atoms with Gasteiger partial charge in [0.05, 0.1) is 6.10 Å². The molecule has 1 aromatic rings. The van der Waals surface area contributed by atoms with Gasteiger partial charge in [-0.1, -0.05) is 0 Å². The van der Waals surface area contributed by atoms with Crippen LogP contribution in [0, 0.1) is 13.8 Å². The second-order valence-electron chi connectivity index (χ2n) is 4.07. The van der Waals surface area contributed by atoms with Crippen LogP contribution in [0.25, 0.3) is 0 Å². The number of aldehydes is 1. The van der Waals surface area contributed by atoms with Crippen molar-refractivity contribution < 1.29 is 9.53 Å². The molecule has 2 heteroatoms. The first-order chi connectivity index (χ1) is 7.04. The van der Waals surface area contributed by atoms with Gasteiger partial charge in [0.2, 0.25) is 0 Å². The fourth-order valence-electron chi connectivity index (χ4n) is 1.70. The van der Waals surface area contributed by atoms with Crippen molar-refractivity contribution in [2.24, 2.45) is 0 Å². The minimum Gasteiger partial charge on any atom is -0.491 e. The first-order valence-electron chi connectivity index (χ1n) is 5.25. The van der Waals surface area contributed by atoms with E-state index in [-0.39, 0.29) is 6.10 Å². The van der Waals surface area contributed by atoms with E-state index in [2.05, 4.69) is 0 Å². The zero-order chi connectivity index (χ0) is 11.4. The van der Waals surface area contributed by atoms with Gasteiger partial charge >= 0.3 is 0 Å². The Hall–Kier alpha value is -1.31. The zero-order valence-electron chi connectivity index (χ0n) is 9.83. The number of rotatable bonds is 4. The number of ether oxygens (including phenoxy) is 1. The SMILES string of the molecule is Cc1cc(OC(C)C)cc(C)c1CC=O. The van der Waals surface area contributed by atoms with E-state index in [1.165, 1.54) is 0 Å². The summed E-state index contributed by atoms with van der Waals surface area (Å²) >= 11 is 0. The van der Waals surface area contributed by atoms with Crippen LogP contribution in [-0.2, 0) is 11.2 Å². The molecule has 0 spiro atoms. The first-order valence-corrected chi connectivity index (χ1v) is 5.25. The van der Waals surface area contributed by atoms with Crippen molar-refractivity contribution in [3.63, 3.8) is 0 Å². The highest BCUT2D eigenvalue weighted by Gasteiger charge is 2.06. The molecule has 0 N–H and O–H groups in total. The predicted octanol–water partition coefficient (Wildman–Crippen LogP) is 2.83. The summed E-state index contributed by atoms with van der Waals surface area (Å²) in [5, 5.41) is 0. The summed E-state index contributed by atoms with van der Waals surface area (Å²) in [5.74, 6) is 0.884. The molecule has 1 rings (SSSR count). The third-order valence-corrected chi connectivity index (χ3v) is 2.33. The van der Waals surface area contributed by atoms with Crippen LogP contribution < -0.4 is 4.74 Å². The molecule has 82 valence electrons. The lowest BCUT2D eigenvalue weighted by Crippen LogP contribution is -2.06. The van der Waals surface area contributed by atoms with Gasteiger partial charge in [0.15, 0.2) is 0 Å². The van der Waals surface area contributed by atoms with Gasteiger partial charge in [-0.2, -0.15) is 0 Å². The van der Waals surface area contributed by atoms with E-state index >= 15 is 0 Å². The molecular formula is C13H18O2. The van der Waals surface area contributed by atoms with Crippen LogP contribution in [0.15, 0.2) is 12.1 Å². The van der Waals surface area contributed by atoms with Crippen LogP contribution in [0.5, 0.6) is 5.75 Å². The van der Waals surface area contributed by atoms with Gasteiger partial charge in [-0.05, 0) is 56.5 Å². The van der Waals surface area contributed by atoms with E-state index in [0.717, 1.165) is 28.7 Å². The summed E-state index contributed by atoms with van der Waals surface area (Å²) in [5.41, 5.74) is 3.36. The Bertz CT molecular complexity index is 331. The van der Waals surface area contributed by atoms with Crippen molar-refractivity contribution in [3.8, 4) is 5.75 Å². The monoisotopic (exact) mass is 206 g/mol. The number of hydrogen-bond donors (Lipinski definition) is 0. The van der Waals surface area contributed by atoms with Crippen LogP contribution in [-0.4, -0.2) is 12.4 Å². The topological polar surface area (TPSA) is 26.3 Å². The third-order valence-electron chi connectivity index (χ3n) is 2.33. The maximum Gasteiger partial charge on any atom is 0.124 e. The molecule has 0 radical (unpaired) electrons. The average Bonchev–Trinajstić information content (AvgIpc) is 2.10. The van der Waals surface area contributed by atoms with Crippen LogP contribution in [0.1, 0.15) is 30.5 Å². The van der Waals surface area contributed by atoms with Crippen LogP contribution in [0.2, 0.25) is 0 Å². The highest BCUT2D eigenvalue weighted by Crippen LogP contribution is 2.22. The number of aryl methyl sites for hydroxylation is 2. The lowest BCUT2D eigenvalue weighted by Gasteiger charge is -2.14. The maximum absolute atomic E-state index is 10.5. The molecule has 0 aliphatic carbocycles. The van der Waals surface area contributed by atoms with Crippen molar-refractivity contribution in [1.29, 1.82) is 0 Å². The fourth-order valence-corrected chi connectivity index (χ4v) is 1.70. The molecule has 0 aliphatic rings. The van der Waals surface area contributed by atoms with Gasteiger partial charge in [0.25, 0.3) is 0 Å². The standard InChI is InChI=1S/C13H18O2/c1-9(2)15-12-7-10(3)13(5-6-14)11(4)8-12/h6-9H,5H2,1-4H3. The normalized spacial score (nSPS) is 10.5. The first kappa shape index (κ1) is 11.8. The van der Waals surface area contributed by atoms with Crippen molar-refractivity contribution in [2.75, 3.05) is 0 Å². The molecule has 0 amide bonds. The van der Waals surface area contributed by atoms with Crippen LogP contribution in [0.4, 0.5) is 0 Å². The predicted molar refractivity (Wildman–Crippen MR) is 61.4 cm³/mol. The zero-order valence-corrected chi connectivity index (χ0v) is 9.83. The second-order valence-corrected chi connectivity index (χ2v) is 4.07. The summed E-state index contributed by atoms with van der Waals surface area (Å²) in [7, 11) is 0. The molecule has 0 fully saturated rings. The molecular weight excluding hydrogens is 188 g/mol. The Morgan fingerprint density at radius 2 is 1.80 bits per heavy atom. The fraction of sp³-hybridized carbons (Fsp3) is 0.462. The molecule has 0 bridgehead atoms. The molecule has 15 heavy (non-hydrogen) atoms. The van der Waals surface area contributed by atoms with Gasteiger partial charge in [-0.15, -0.1) is 0 Å². The van der Waals surface area contributed by atoms with E-state index in [9.17, 15) is 4.79 Å². The maximum atomic E-state index is 10.5. The summed E-state index contributed by atoms with van der Waals surface area (Å²) < 4.78 is 5.62. The largest absolute Gasteiger partial charge is 0.491 e. The molecule has 2 nitrogen and oxygen atoms in total. The third kappa shape index (κ3) is 3.08. The van der Waals surface area contributed by atoms with E-state index in [1.807, 2.05) is 39.8 Å². The molecule has 0 saturated heterocycles. The molecule has 0 atom stereocenters. The quantitative estimate of drug-likeness (QED) is 0.708. The van der Waals surface area contributed by atoms with E-state index < -0.39 is 0 Å². The van der Waals surface area contributed by atoms with Gasteiger partial charge in [0, 0.05) is 6.42 Å². The summed E-state index contributed by atoms with van der Waals surface area (Å²) in [6, 6.07) is 3.98. The Balaban J connectivity index is 3.02. The number of carbonyl (C=O) groups is 1. The smallest absolute Gasteiger partial charge is 0.124 e. The second kappa shape index (κ2) is 4.96. The van der Waals surface area contributed by atoms with E-state index in [4.69, 9.17) is 4.74 Å². The van der Waals surface area contributed by atoms with Gasteiger partial charge < -0.3 is 9.53 Å². The molecule has 0 unspecified atom stereocenters. The van der Waals surface area contributed by atoms with Crippen LogP contribution >= 0.6 is 0 Å². The van der Waals surface area contributed by atoms with Gasteiger partial charge in [-0.25, -0.2) is 0 Å². The Labute approximate surface area is 91.3 Å². The number of hydrogen-bond acceptors (Lipinski definition) is 2. The summed E-state index contributed by atoms with van der Waals surface area (Å²) in [6.45, 7) is 8.03. The van der Waals surface area contributed by atoms with Crippen LogP contribution in [0.3, 0.4) is 0 Å². The summed E-state index contributed by atoms with van der Waals surface area (Å²) in [6.07, 6.45) is 1.61. The molecule has 0 heterocycles. The highest BCUT2D eigenvalue weighted by atomic mass is 16.5. The highest BCUT2D eigenvalue weighted by molar-refractivity contribution is 5.58.